The fourth-order valence-corrected chi connectivity index (χ4v) is 1.66. The zero-order valence-electron chi connectivity index (χ0n) is 10.9. The Morgan fingerprint density at radius 2 is 2.00 bits per heavy atom. The van der Waals surface area contributed by atoms with Crippen LogP contribution in [0, 0.1) is 5.82 Å². The summed E-state index contributed by atoms with van der Waals surface area (Å²) in [6.07, 6.45) is -5.24. The SMILES string of the molecule is CNC(C)c1c(F)cccc1OCCCC(F)(F)F. The Hall–Kier alpha value is -1.30. The van der Waals surface area contributed by atoms with Crippen LogP contribution in [-0.4, -0.2) is 19.8 Å². The molecule has 1 aromatic rings. The number of nitrogens with one attached hydrogen (secondary N) is 1. The first kappa shape index (κ1) is 15.8. The van der Waals surface area contributed by atoms with Crippen molar-refractivity contribution >= 4 is 0 Å². The molecule has 0 heterocycles. The molecule has 0 saturated heterocycles. The Labute approximate surface area is 109 Å². The average Bonchev–Trinajstić information content (AvgIpc) is 2.33. The first-order chi connectivity index (χ1) is 8.85. The lowest BCUT2D eigenvalue weighted by Crippen LogP contribution is -2.16. The van der Waals surface area contributed by atoms with Crippen LogP contribution in [0.1, 0.15) is 31.4 Å². The number of rotatable bonds is 6. The van der Waals surface area contributed by atoms with Crippen molar-refractivity contribution < 1.29 is 22.3 Å². The molecule has 0 amide bonds. The number of benzene rings is 1. The minimum atomic E-state index is -4.19. The van der Waals surface area contributed by atoms with Crippen molar-refractivity contribution in [3.63, 3.8) is 0 Å². The summed E-state index contributed by atoms with van der Waals surface area (Å²) in [7, 11) is 1.67. The van der Waals surface area contributed by atoms with Crippen molar-refractivity contribution in [2.75, 3.05) is 13.7 Å². The van der Waals surface area contributed by atoms with Crippen LogP contribution in [0.3, 0.4) is 0 Å². The second-order valence-corrected chi connectivity index (χ2v) is 4.23. The van der Waals surface area contributed by atoms with Crippen LogP contribution in [0.4, 0.5) is 17.6 Å². The van der Waals surface area contributed by atoms with Gasteiger partial charge in [-0.1, -0.05) is 6.07 Å². The molecular formula is C13H17F4NO. The van der Waals surface area contributed by atoms with Crippen LogP contribution in [0.5, 0.6) is 5.75 Å². The number of halogens is 4. The molecule has 1 unspecified atom stereocenters. The molecule has 2 nitrogen and oxygen atoms in total. The minimum Gasteiger partial charge on any atom is -0.493 e. The second kappa shape index (κ2) is 6.75. The van der Waals surface area contributed by atoms with Gasteiger partial charge in [0.25, 0.3) is 0 Å². The van der Waals surface area contributed by atoms with Crippen molar-refractivity contribution in [1.29, 1.82) is 0 Å². The quantitative estimate of drug-likeness (QED) is 0.631. The summed E-state index contributed by atoms with van der Waals surface area (Å²) in [4.78, 5) is 0. The lowest BCUT2D eigenvalue weighted by molar-refractivity contribution is -0.136. The summed E-state index contributed by atoms with van der Waals surface area (Å²) in [5.74, 6) is -0.154. The monoisotopic (exact) mass is 279 g/mol. The molecule has 0 aliphatic carbocycles. The lowest BCUT2D eigenvalue weighted by Gasteiger charge is -2.17. The average molecular weight is 279 g/mol. The number of hydrogen-bond acceptors (Lipinski definition) is 2. The van der Waals surface area contributed by atoms with Crippen molar-refractivity contribution in [3.8, 4) is 5.75 Å². The molecule has 108 valence electrons. The molecule has 0 radical (unpaired) electrons. The van der Waals surface area contributed by atoms with Gasteiger partial charge in [0, 0.05) is 18.0 Å². The second-order valence-electron chi connectivity index (χ2n) is 4.23. The predicted octanol–water partition coefficient (Wildman–Crippen LogP) is 3.83. The van der Waals surface area contributed by atoms with Gasteiger partial charge in [-0.15, -0.1) is 0 Å². The molecule has 0 bridgehead atoms. The standard InChI is InChI=1S/C13H17F4NO/c1-9(18-2)12-10(14)5-3-6-11(12)19-8-4-7-13(15,16)17/h3,5-6,9,18H,4,7-8H2,1-2H3. The Kier molecular flexibility index (Phi) is 5.60. The maximum Gasteiger partial charge on any atom is 0.389 e. The van der Waals surface area contributed by atoms with Gasteiger partial charge < -0.3 is 10.1 Å². The highest BCUT2D eigenvalue weighted by atomic mass is 19.4. The summed E-state index contributed by atoms with van der Waals surface area (Å²) in [5, 5.41) is 2.88. The van der Waals surface area contributed by atoms with E-state index in [4.69, 9.17) is 4.74 Å². The van der Waals surface area contributed by atoms with Crippen LogP contribution >= 0.6 is 0 Å². The predicted molar refractivity (Wildman–Crippen MR) is 64.7 cm³/mol. The van der Waals surface area contributed by atoms with E-state index in [0.29, 0.717) is 5.56 Å². The van der Waals surface area contributed by atoms with Crippen molar-refractivity contribution in [2.24, 2.45) is 0 Å². The van der Waals surface area contributed by atoms with E-state index in [1.165, 1.54) is 12.1 Å². The third kappa shape index (κ3) is 5.06. The maximum absolute atomic E-state index is 13.7. The molecular weight excluding hydrogens is 262 g/mol. The van der Waals surface area contributed by atoms with Gasteiger partial charge in [-0.2, -0.15) is 13.2 Å². The number of hydrogen-bond donors (Lipinski definition) is 1. The fourth-order valence-electron chi connectivity index (χ4n) is 1.66. The zero-order chi connectivity index (χ0) is 14.5. The molecule has 0 aliphatic rings. The molecule has 0 spiro atoms. The first-order valence-electron chi connectivity index (χ1n) is 6.00. The Morgan fingerprint density at radius 3 is 2.58 bits per heavy atom. The van der Waals surface area contributed by atoms with Gasteiger partial charge in [0.1, 0.15) is 11.6 Å². The number of alkyl halides is 3. The molecule has 19 heavy (non-hydrogen) atoms. The summed E-state index contributed by atoms with van der Waals surface area (Å²) in [6.45, 7) is 1.66. The summed E-state index contributed by atoms with van der Waals surface area (Å²) < 4.78 is 54.9. The van der Waals surface area contributed by atoms with Gasteiger partial charge >= 0.3 is 6.18 Å². The van der Waals surface area contributed by atoms with Crippen molar-refractivity contribution in [3.05, 3.63) is 29.6 Å². The highest BCUT2D eigenvalue weighted by molar-refractivity contribution is 5.36. The highest BCUT2D eigenvalue weighted by Crippen LogP contribution is 2.28. The van der Waals surface area contributed by atoms with Gasteiger partial charge in [-0.3, -0.25) is 0 Å². The summed E-state index contributed by atoms with van der Waals surface area (Å²) in [6, 6.07) is 4.05. The highest BCUT2D eigenvalue weighted by Gasteiger charge is 2.26. The van der Waals surface area contributed by atoms with Gasteiger partial charge in [-0.05, 0) is 32.5 Å². The van der Waals surface area contributed by atoms with E-state index in [1.54, 1.807) is 20.0 Å². The normalized spacial score (nSPS) is 13.4. The largest absolute Gasteiger partial charge is 0.493 e. The molecule has 1 rings (SSSR count). The van der Waals surface area contributed by atoms with E-state index in [0.717, 1.165) is 0 Å². The molecule has 1 atom stereocenters. The third-order valence-electron chi connectivity index (χ3n) is 2.74. The van der Waals surface area contributed by atoms with E-state index in [2.05, 4.69) is 5.32 Å². The van der Waals surface area contributed by atoms with E-state index in [9.17, 15) is 17.6 Å². The summed E-state index contributed by atoms with van der Waals surface area (Å²) >= 11 is 0. The van der Waals surface area contributed by atoms with Crippen molar-refractivity contribution in [1.82, 2.24) is 5.32 Å². The van der Waals surface area contributed by atoms with E-state index in [1.807, 2.05) is 0 Å². The van der Waals surface area contributed by atoms with Crippen LogP contribution in [0.15, 0.2) is 18.2 Å². The molecule has 0 aliphatic heterocycles. The van der Waals surface area contributed by atoms with Crippen LogP contribution in [-0.2, 0) is 0 Å². The summed E-state index contributed by atoms with van der Waals surface area (Å²) in [5.41, 5.74) is 0.331. The molecule has 1 N–H and O–H groups in total. The smallest absolute Gasteiger partial charge is 0.389 e. The van der Waals surface area contributed by atoms with E-state index >= 15 is 0 Å². The third-order valence-corrected chi connectivity index (χ3v) is 2.74. The van der Waals surface area contributed by atoms with E-state index in [-0.39, 0.29) is 24.8 Å². The van der Waals surface area contributed by atoms with E-state index < -0.39 is 18.4 Å². The Balaban J connectivity index is 2.65. The topological polar surface area (TPSA) is 21.3 Å². The Bertz CT molecular complexity index is 406. The zero-order valence-corrected chi connectivity index (χ0v) is 10.9. The van der Waals surface area contributed by atoms with Gasteiger partial charge in [0.2, 0.25) is 0 Å². The molecule has 1 aromatic carbocycles. The van der Waals surface area contributed by atoms with Gasteiger partial charge in [0.05, 0.1) is 6.61 Å². The first-order valence-corrected chi connectivity index (χ1v) is 6.00. The molecule has 6 heteroatoms. The van der Waals surface area contributed by atoms with Crippen molar-refractivity contribution in [2.45, 2.75) is 32.0 Å². The molecule has 0 aromatic heterocycles. The molecule has 0 saturated carbocycles. The van der Waals surface area contributed by atoms with Crippen LogP contribution in [0.25, 0.3) is 0 Å². The fraction of sp³-hybridized carbons (Fsp3) is 0.538. The lowest BCUT2D eigenvalue weighted by atomic mass is 10.1. The van der Waals surface area contributed by atoms with Gasteiger partial charge in [0.15, 0.2) is 0 Å². The Morgan fingerprint density at radius 1 is 1.32 bits per heavy atom. The minimum absolute atomic E-state index is 0.0909. The maximum atomic E-state index is 13.7. The van der Waals surface area contributed by atoms with Crippen LogP contribution in [0.2, 0.25) is 0 Å². The van der Waals surface area contributed by atoms with Crippen LogP contribution < -0.4 is 10.1 Å². The van der Waals surface area contributed by atoms with Gasteiger partial charge in [-0.25, -0.2) is 4.39 Å². The molecule has 0 fully saturated rings. The number of ether oxygens (including phenoxy) is 1.